The molecule has 0 radical (unpaired) electrons. The van der Waals surface area contributed by atoms with E-state index in [9.17, 15) is 13.2 Å². The maximum Gasteiger partial charge on any atom is 0.418 e. The van der Waals surface area contributed by atoms with Gasteiger partial charge in [-0.2, -0.15) is 13.2 Å². The molecule has 2 nitrogen and oxygen atoms in total. The van der Waals surface area contributed by atoms with E-state index in [2.05, 4.69) is 0 Å². The molecule has 0 bridgehead atoms. The van der Waals surface area contributed by atoms with Crippen molar-refractivity contribution in [1.29, 1.82) is 0 Å². The third-order valence-corrected chi connectivity index (χ3v) is 4.34. The first-order valence-electron chi connectivity index (χ1n) is 6.51. The van der Waals surface area contributed by atoms with Crippen molar-refractivity contribution in [3.63, 3.8) is 0 Å². The molecule has 0 aliphatic heterocycles. The highest BCUT2D eigenvalue weighted by atomic mass is 32.1. The Kier molecular flexibility index (Phi) is 4.46. The SMILES string of the molecule is CC(Cc1cccs1)N(C)c1ccc(N)cc1C(F)(F)F. The lowest BCUT2D eigenvalue weighted by Crippen LogP contribution is -2.32. The second kappa shape index (κ2) is 5.97. The Morgan fingerprint density at radius 1 is 1.29 bits per heavy atom. The Labute approximate surface area is 126 Å². The third kappa shape index (κ3) is 3.69. The van der Waals surface area contributed by atoms with E-state index < -0.39 is 11.7 Å². The van der Waals surface area contributed by atoms with E-state index in [0.717, 1.165) is 10.9 Å². The van der Waals surface area contributed by atoms with Crippen LogP contribution in [0.2, 0.25) is 0 Å². The van der Waals surface area contributed by atoms with Crippen molar-refractivity contribution < 1.29 is 13.2 Å². The molecule has 0 saturated heterocycles. The van der Waals surface area contributed by atoms with E-state index in [-0.39, 0.29) is 17.4 Å². The van der Waals surface area contributed by atoms with Gasteiger partial charge in [0.25, 0.3) is 0 Å². The molecule has 1 aromatic carbocycles. The van der Waals surface area contributed by atoms with Crippen LogP contribution < -0.4 is 10.6 Å². The highest BCUT2D eigenvalue weighted by Gasteiger charge is 2.35. The van der Waals surface area contributed by atoms with Crippen LogP contribution in [-0.2, 0) is 12.6 Å². The molecular weight excluding hydrogens is 297 g/mol. The molecule has 1 atom stereocenters. The number of nitrogens with two attached hydrogens (primary N) is 1. The molecule has 114 valence electrons. The Hall–Kier alpha value is -1.69. The van der Waals surface area contributed by atoms with Gasteiger partial charge in [0, 0.05) is 35.8 Å². The normalized spacial score (nSPS) is 13.2. The van der Waals surface area contributed by atoms with Crippen molar-refractivity contribution in [1.82, 2.24) is 0 Å². The number of nitrogens with zero attached hydrogens (tertiary/aromatic N) is 1. The summed E-state index contributed by atoms with van der Waals surface area (Å²) < 4.78 is 39.4. The lowest BCUT2D eigenvalue weighted by molar-refractivity contribution is -0.137. The first-order valence-corrected chi connectivity index (χ1v) is 7.39. The number of rotatable bonds is 4. The molecule has 1 unspecified atom stereocenters. The lowest BCUT2D eigenvalue weighted by atomic mass is 10.1. The molecule has 0 aliphatic rings. The van der Waals surface area contributed by atoms with Gasteiger partial charge in [-0.25, -0.2) is 0 Å². The zero-order valence-corrected chi connectivity index (χ0v) is 12.6. The molecule has 0 saturated carbocycles. The topological polar surface area (TPSA) is 29.3 Å². The minimum Gasteiger partial charge on any atom is -0.399 e. The van der Waals surface area contributed by atoms with Gasteiger partial charge in [-0.05, 0) is 36.6 Å². The molecule has 2 rings (SSSR count). The van der Waals surface area contributed by atoms with Gasteiger partial charge in [-0.1, -0.05) is 6.07 Å². The standard InChI is InChI=1S/C15H17F3N2S/c1-10(8-12-4-3-7-21-12)20(2)14-6-5-11(19)9-13(14)15(16,17)18/h3-7,9-10H,8,19H2,1-2H3. The zero-order valence-electron chi connectivity index (χ0n) is 11.8. The van der Waals surface area contributed by atoms with Gasteiger partial charge in [-0.3, -0.25) is 0 Å². The van der Waals surface area contributed by atoms with E-state index >= 15 is 0 Å². The summed E-state index contributed by atoms with van der Waals surface area (Å²) in [7, 11) is 1.68. The van der Waals surface area contributed by atoms with E-state index in [1.807, 2.05) is 24.4 Å². The minimum atomic E-state index is -4.42. The Bertz CT molecular complexity index is 593. The van der Waals surface area contributed by atoms with Gasteiger partial charge in [0.05, 0.1) is 5.56 Å². The Morgan fingerprint density at radius 2 is 2.00 bits per heavy atom. The van der Waals surface area contributed by atoms with Crippen molar-refractivity contribution >= 4 is 22.7 Å². The Balaban J connectivity index is 2.28. The number of anilines is 2. The second-order valence-electron chi connectivity index (χ2n) is 5.02. The fourth-order valence-corrected chi connectivity index (χ4v) is 3.01. The number of thiophene rings is 1. The second-order valence-corrected chi connectivity index (χ2v) is 6.05. The van der Waals surface area contributed by atoms with Crippen LogP contribution in [0.15, 0.2) is 35.7 Å². The highest BCUT2D eigenvalue weighted by Crippen LogP contribution is 2.38. The van der Waals surface area contributed by atoms with Crippen molar-refractivity contribution in [2.75, 3.05) is 17.7 Å². The fraction of sp³-hybridized carbons (Fsp3) is 0.333. The number of hydrogen-bond acceptors (Lipinski definition) is 3. The summed E-state index contributed by atoms with van der Waals surface area (Å²) in [5.41, 5.74) is 5.07. The smallest absolute Gasteiger partial charge is 0.399 e. The number of likely N-dealkylation sites (N-methyl/N-ethyl adjacent to an activating group) is 1. The predicted octanol–water partition coefficient (Wildman–Crippen LogP) is 4.42. The van der Waals surface area contributed by atoms with Crippen LogP contribution in [-0.4, -0.2) is 13.1 Å². The number of nitrogen functional groups attached to an aromatic ring is 1. The number of halogens is 3. The van der Waals surface area contributed by atoms with Crippen LogP contribution in [0.5, 0.6) is 0 Å². The van der Waals surface area contributed by atoms with Gasteiger partial charge >= 0.3 is 6.18 Å². The molecule has 6 heteroatoms. The quantitative estimate of drug-likeness (QED) is 0.847. The van der Waals surface area contributed by atoms with Crippen molar-refractivity contribution in [3.8, 4) is 0 Å². The summed E-state index contributed by atoms with van der Waals surface area (Å²) in [6.07, 6.45) is -3.71. The van der Waals surface area contributed by atoms with Gasteiger partial charge in [0.1, 0.15) is 0 Å². The van der Waals surface area contributed by atoms with Crippen LogP contribution >= 0.6 is 11.3 Å². The van der Waals surface area contributed by atoms with E-state index in [1.54, 1.807) is 23.3 Å². The molecule has 2 N–H and O–H groups in total. The molecule has 1 aromatic heterocycles. The first-order chi connectivity index (χ1) is 9.79. The number of hydrogen-bond donors (Lipinski definition) is 1. The summed E-state index contributed by atoms with van der Waals surface area (Å²) >= 11 is 1.61. The third-order valence-electron chi connectivity index (χ3n) is 3.44. The summed E-state index contributed by atoms with van der Waals surface area (Å²) in [5, 5.41) is 1.96. The lowest BCUT2D eigenvalue weighted by Gasteiger charge is -2.29. The summed E-state index contributed by atoms with van der Waals surface area (Å²) in [4.78, 5) is 2.81. The van der Waals surface area contributed by atoms with Crippen LogP contribution in [0.1, 0.15) is 17.4 Å². The van der Waals surface area contributed by atoms with E-state index in [4.69, 9.17) is 5.73 Å². The zero-order chi connectivity index (χ0) is 15.6. The molecule has 2 aromatic rings. The van der Waals surface area contributed by atoms with E-state index in [1.165, 1.54) is 12.1 Å². The first kappa shape index (κ1) is 15.7. The number of alkyl halides is 3. The minimum absolute atomic E-state index is 0.0478. The summed E-state index contributed by atoms with van der Waals surface area (Å²) in [6, 6.07) is 7.80. The van der Waals surface area contributed by atoms with Crippen LogP contribution in [0.4, 0.5) is 24.5 Å². The summed E-state index contributed by atoms with van der Waals surface area (Å²) in [5.74, 6) is 0. The van der Waals surface area contributed by atoms with Crippen LogP contribution in [0, 0.1) is 0 Å². The van der Waals surface area contributed by atoms with Crippen molar-refractivity contribution in [2.24, 2.45) is 0 Å². The monoisotopic (exact) mass is 314 g/mol. The van der Waals surface area contributed by atoms with Crippen LogP contribution in [0.3, 0.4) is 0 Å². The van der Waals surface area contributed by atoms with Gasteiger partial charge in [0.15, 0.2) is 0 Å². The maximum atomic E-state index is 13.1. The van der Waals surface area contributed by atoms with Crippen molar-refractivity contribution in [2.45, 2.75) is 25.6 Å². The predicted molar refractivity (Wildman–Crippen MR) is 81.7 cm³/mol. The number of benzene rings is 1. The highest BCUT2D eigenvalue weighted by molar-refractivity contribution is 7.09. The molecule has 1 heterocycles. The summed E-state index contributed by atoms with van der Waals surface area (Å²) in [6.45, 7) is 1.91. The molecule has 21 heavy (non-hydrogen) atoms. The largest absolute Gasteiger partial charge is 0.418 e. The maximum absolute atomic E-state index is 13.1. The molecule has 0 fully saturated rings. The van der Waals surface area contributed by atoms with Gasteiger partial charge in [-0.15, -0.1) is 11.3 Å². The fourth-order valence-electron chi connectivity index (χ4n) is 2.18. The van der Waals surface area contributed by atoms with Gasteiger partial charge in [0.2, 0.25) is 0 Å². The average molecular weight is 314 g/mol. The molecule has 0 amide bonds. The average Bonchev–Trinajstić information content (AvgIpc) is 2.89. The van der Waals surface area contributed by atoms with Gasteiger partial charge < -0.3 is 10.6 Å². The molecular formula is C15H17F3N2S. The van der Waals surface area contributed by atoms with Crippen LogP contribution in [0.25, 0.3) is 0 Å². The Morgan fingerprint density at radius 3 is 2.57 bits per heavy atom. The molecule has 0 spiro atoms. The molecule has 0 aliphatic carbocycles. The van der Waals surface area contributed by atoms with E-state index in [0.29, 0.717) is 6.42 Å². The van der Waals surface area contributed by atoms with Crippen molar-refractivity contribution in [3.05, 3.63) is 46.2 Å².